The Labute approximate surface area is 97.7 Å². The standard InChI is InChI=1S/C12H18NO2S/c1-12(2,16(13,14)15)10-6-9-11-7-4-3-5-8-11/h4-5,7-8H,6,9-10H2,1-2H3,(H2,13,14,15). The Morgan fingerprint density at radius 2 is 1.88 bits per heavy atom. The van der Waals surface area contributed by atoms with Gasteiger partial charge in [0.05, 0.1) is 4.75 Å². The SMILES string of the molecule is CC(C)(CCCc1cc[c]cc1)S(N)(=O)=O. The third-order valence-corrected chi connectivity index (χ3v) is 4.55. The molecule has 0 aromatic heterocycles. The number of aryl methyl sites for hydroxylation is 1. The second-order valence-electron chi connectivity index (χ2n) is 4.57. The molecule has 0 fully saturated rings. The van der Waals surface area contributed by atoms with Gasteiger partial charge in [-0.3, -0.25) is 0 Å². The summed E-state index contributed by atoms with van der Waals surface area (Å²) in [5.41, 5.74) is 1.20. The minimum atomic E-state index is -3.46. The molecule has 0 aliphatic heterocycles. The highest BCUT2D eigenvalue weighted by atomic mass is 32.2. The molecule has 0 atom stereocenters. The molecule has 0 heterocycles. The van der Waals surface area contributed by atoms with Crippen LogP contribution in [0.15, 0.2) is 24.3 Å². The van der Waals surface area contributed by atoms with Crippen LogP contribution in [0.3, 0.4) is 0 Å². The van der Waals surface area contributed by atoms with Crippen LogP contribution in [0.2, 0.25) is 0 Å². The van der Waals surface area contributed by atoms with Crippen LogP contribution in [0.25, 0.3) is 0 Å². The highest BCUT2D eigenvalue weighted by molar-refractivity contribution is 7.90. The summed E-state index contributed by atoms with van der Waals surface area (Å²) in [5.74, 6) is 0. The fourth-order valence-corrected chi connectivity index (χ4v) is 1.88. The van der Waals surface area contributed by atoms with E-state index < -0.39 is 14.8 Å². The molecule has 2 N–H and O–H groups in total. The van der Waals surface area contributed by atoms with Gasteiger partial charge in [-0.05, 0) is 44.7 Å². The number of sulfonamides is 1. The third kappa shape index (κ3) is 3.61. The van der Waals surface area contributed by atoms with E-state index in [2.05, 4.69) is 6.07 Å². The van der Waals surface area contributed by atoms with Crippen molar-refractivity contribution in [2.75, 3.05) is 0 Å². The largest absolute Gasteiger partial charge is 0.228 e. The summed E-state index contributed by atoms with van der Waals surface area (Å²) in [6.45, 7) is 3.34. The minimum Gasteiger partial charge on any atom is -0.228 e. The summed E-state index contributed by atoms with van der Waals surface area (Å²) in [7, 11) is -3.46. The van der Waals surface area contributed by atoms with Gasteiger partial charge in [0, 0.05) is 0 Å². The molecule has 1 radical (unpaired) electrons. The lowest BCUT2D eigenvalue weighted by atomic mass is 10.0. The van der Waals surface area contributed by atoms with E-state index in [1.165, 1.54) is 5.56 Å². The molecule has 0 saturated carbocycles. The smallest absolute Gasteiger partial charge is 0.214 e. The van der Waals surface area contributed by atoms with Crippen LogP contribution >= 0.6 is 0 Å². The number of benzene rings is 1. The van der Waals surface area contributed by atoms with Crippen molar-refractivity contribution in [3.63, 3.8) is 0 Å². The zero-order chi connectivity index (χ0) is 12.2. The molecule has 16 heavy (non-hydrogen) atoms. The molecular weight excluding hydrogens is 222 g/mol. The molecule has 0 bridgehead atoms. The molecular formula is C12H18NO2S. The number of rotatable bonds is 5. The topological polar surface area (TPSA) is 60.2 Å². The molecule has 0 unspecified atom stereocenters. The zero-order valence-corrected chi connectivity index (χ0v) is 10.5. The van der Waals surface area contributed by atoms with E-state index in [0.717, 1.165) is 12.8 Å². The molecule has 1 aromatic rings. The Balaban J connectivity index is 2.48. The number of hydrogen-bond acceptors (Lipinski definition) is 2. The maximum absolute atomic E-state index is 11.3. The van der Waals surface area contributed by atoms with E-state index in [1.54, 1.807) is 13.8 Å². The first-order valence-electron chi connectivity index (χ1n) is 5.30. The van der Waals surface area contributed by atoms with Crippen LogP contribution in [-0.4, -0.2) is 13.2 Å². The fraction of sp³-hybridized carbons (Fsp3) is 0.500. The molecule has 89 valence electrons. The lowest BCUT2D eigenvalue weighted by Gasteiger charge is -2.21. The van der Waals surface area contributed by atoms with Gasteiger partial charge >= 0.3 is 0 Å². The van der Waals surface area contributed by atoms with Crippen molar-refractivity contribution in [1.29, 1.82) is 0 Å². The Kier molecular flexibility index (Phi) is 4.10. The van der Waals surface area contributed by atoms with Crippen molar-refractivity contribution < 1.29 is 8.42 Å². The molecule has 0 spiro atoms. The average molecular weight is 240 g/mol. The summed E-state index contributed by atoms with van der Waals surface area (Å²) < 4.78 is 21.7. The highest BCUT2D eigenvalue weighted by Gasteiger charge is 2.30. The van der Waals surface area contributed by atoms with Gasteiger partial charge in [0.1, 0.15) is 0 Å². The van der Waals surface area contributed by atoms with Gasteiger partial charge < -0.3 is 0 Å². The highest BCUT2D eigenvalue weighted by Crippen LogP contribution is 2.21. The molecule has 4 heteroatoms. The van der Waals surface area contributed by atoms with Gasteiger partial charge in [0.15, 0.2) is 0 Å². The van der Waals surface area contributed by atoms with Crippen molar-refractivity contribution in [3.05, 3.63) is 35.9 Å². The van der Waals surface area contributed by atoms with Crippen molar-refractivity contribution in [3.8, 4) is 0 Å². The van der Waals surface area contributed by atoms with Crippen LogP contribution in [0.4, 0.5) is 0 Å². The maximum atomic E-state index is 11.3. The Morgan fingerprint density at radius 3 is 2.38 bits per heavy atom. The van der Waals surface area contributed by atoms with Gasteiger partial charge in [0.2, 0.25) is 10.0 Å². The lowest BCUT2D eigenvalue weighted by molar-refractivity contribution is 0.516. The van der Waals surface area contributed by atoms with Gasteiger partial charge in [0.25, 0.3) is 0 Å². The van der Waals surface area contributed by atoms with E-state index in [9.17, 15) is 8.42 Å². The summed E-state index contributed by atoms with van der Waals surface area (Å²) in [6, 6.07) is 10.7. The van der Waals surface area contributed by atoms with Crippen LogP contribution in [0, 0.1) is 6.07 Å². The second kappa shape index (κ2) is 4.97. The van der Waals surface area contributed by atoms with Gasteiger partial charge in [-0.2, -0.15) is 0 Å². The molecule has 0 aliphatic carbocycles. The predicted molar refractivity (Wildman–Crippen MR) is 65.4 cm³/mol. The molecule has 1 aromatic carbocycles. The van der Waals surface area contributed by atoms with E-state index in [-0.39, 0.29) is 0 Å². The van der Waals surface area contributed by atoms with Crippen LogP contribution in [0.5, 0.6) is 0 Å². The maximum Gasteiger partial charge on any atom is 0.214 e. The monoisotopic (exact) mass is 240 g/mol. The van der Waals surface area contributed by atoms with Crippen LogP contribution < -0.4 is 5.14 Å². The molecule has 1 rings (SSSR count). The van der Waals surface area contributed by atoms with Crippen LogP contribution in [-0.2, 0) is 16.4 Å². The predicted octanol–water partition coefficient (Wildman–Crippen LogP) is 1.88. The first-order valence-corrected chi connectivity index (χ1v) is 6.85. The summed E-state index contributed by atoms with van der Waals surface area (Å²) in [5, 5.41) is 5.16. The first kappa shape index (κ1) is 13.2. The molecule has 0 amide bonds. The summed E-state index contributed by atoms with van der Waals surface area (Å²) in [4.78, 5) is 0. The number of hydrogen-bond donors (Lipinski definition) is 1. The minimum absolute atomic E-state index is 0.574. The number of primary sulfonamides is 1. The normalized spacial score (nSPS) is 12.7. The average Bonchev–Trinajstić information content (AvgIpc) is 2.17. The molecule has 0 saturated heterocycles. The fourth-order valence-electron chi connectivity index (χ4n) is 1.45. The summed E-state index contributed by atoms with van der Waals surface area (Å²) >= 11 is 0. The zero-order valence-electron chi connectivity index (χ0n) is 9.73. The summed E-state index contributed by atoms with van der Waals surface area (Å²) in [6.07, 6.45) is 2.26. The van der Waals surface area contributed by atoms with E-state index in [1.807, 2.05) is 24.3 Å². The van der Waals surface area contributed by atoms with E-state index in [4.69, 9.17) is 5.14 Å². The van der Waals surface area contributed by atoms with E-state index >= 15 is 0 Å². The Bertz CT molecular complexity index is 424. The quantitative estimate of drug-likeness (QED) is 0.854. The van der Waals surface area contributed by atoms with Gasteiger partial charge in [-0.15, -0.1) is 0 Å². The van der Waals surface area contributed by atoms with Gasteiger partial charge in [-0.25, -0.2) is 13.6 Å². The Morgan fingerprint density at radius 1 is 1.31 bits per heavy atom. The lowest BCUT2D eigenvalue weighted by Crippen LogP contribution is -2.37. The first-order chi connectivity index (χ1) is 7.33. The van der Waals surface area contributed by atoms with Gasteiger partial charge in [-0.1, -0.05) is 24.3 Å². The van der Waals surface area contributed by atoms with E-state index in [0.29, 0.717) is 6.42 Å². The molecule has 3 nitrogen and oxygen atoms in total. The van der Waals surface area contributed by atoms with Crippen LogP contribution in [0.1, 0.15) is 32.3 Å². The van der Waals surface area contributed by atoms with Crippen molar-refractivity contribution in [2.24, 2.45) is 5.14 Å². The molecule has 0 aliphatic rings. The van der Waals surface area contributed by atoms with Crippen molar-refractivity contribution in [2.45, 2.75) is 37.9 Å². The number of nitrogens with two attached hydrogens (primary N) is 1. The third-order valence-electron chi connectivity index (χ3n) is 2.80. The van der Waals surface area contributed by atoms with Crippen molar-refractivity contribution in [1.82, 2.24) is 0 Å². The second-order valence-corrected chi connectivity index (χ2v) is 6.76. The van der Waals surface area contributed by atoms with Crippen molar-refractivity contribution >= 4 is 10.0 Å². The Hall–Kier alpha value is -0.870.